The Morgan fingerprint density at radius 1 is 1.37 bits per heavy atom. The van der Waals surface area contributed by atoms with E-state index in [1.807, 2.05) is 6.92 Å². The maximum absolute atomic E-state index is 11.6. The molecule has 106 valence electrons. The molecule has 1 atom stereocenters. The summed E-state index contributed by atoms with van der Waals surface area (Å²) in [6.45, 7) is 2.73. The fourth-order valence-corrected chi connectivity index (χ4v) is 2.29. The molecule has 0 aliphatic rings. The van der Waals surface area contributed by atoms with Crippen molar-refractivity contribution in [3.8, 4) is 11.5 Å². The van der Waals surface area contributed by atoms with Crippen molar-refractivity contribution >= 4 is 21.8 Å². The molecule has 0 radical (unpaired) electrons. The summed E-state index contributed by atoms with van der Waals surface area (Å²) in [6, 6.07) is 2.95. The summed E-state index contributed by atoms with van der Waals surface area (Å²) in [7, 11) is 3.11. The quantitative estimate of drug-likeness (QED) is 0.801. The number of amides is 1. The van der Waals surface area contributed by atoms with Gasteiger partial charge in [-0.25, -0.2) is 0 Å². The van der Waals surface area contributed by atoms with Crippen LogP contribution in [0.15, 0.2) is 16.6 Å². The summed E-state index contributed by atoms with van der Waals surface area (Å²) >= 11 is 3.43. The highest BCUT2D eigenvalue weighted by atomic mass is 79.9. The first-order valence-corrected chi connectivity index (χ1v) is 6.78. The van der Waals surface area contributed by atoms with Crippen molar-refractivity contribution in [2.75, 3.05) is 20.8 Å². The van der Waals surface area contributed by atoms with E-state index in [0.29, 0.717) is 18.0 Å². The third-order valence-corrected chi connectivity index (χ3v) is 3.38. The number of methoxy groups -OCH3 is 2. The van der Waals surface area contributed by atoms with E-state index in [2.05, 4.69) is 21.2 Å². The van der Waals surface area contributed by atoms with Crippen molar-refractivity contribution in [1.29, 1.82) is 0 Å². The number of hydrogen-bond donors (Lipinski definition) is 2. The molecule has 6 heteroatoms. The summed E-state index contributed by atoms with van der Waals surface area (Å²) in [5.41, 5.74) is 6.18. The lowest BCUT2D eigenvalue weighted by atomic mass is 10.1. The predicted octanol–water partition coefficient (Wildman–Crippen LogP) is 1.99. The number of halogens is 1. The number of carbonyl (C=O) groups excluding carboxylic acids is 1. The number of nitrogens with two attached hydrogens (primary N) is 1. The first-order chi connectivity index (χ1) is 9.04. The smallest absolute Gasteiger partial charge is 0.239 e. The van der Waals surface area contributed by atoms with Crippen LogP contribution in [0.5, 0.6) is 11.5 Å². The summed E-state index contributed by atoms with van der Waals surface area (Å²) in [6.07, 6.45) is 0.911. The zero-order valence-corrected chi connectivity index (χ0v) is 12.9. The molecule has 1 amide bonds. The highest BCUT2D eigenvalue weighted by Gasteiger charge is 2.22. The van der Waals surface area contributed by atoms with Crippen molar-refractivity contribution in [2.24, 2.45) is 5.73 Å². The summed E-state index contributed by atoms with van der Waals surface area (Å²) < 4.78 is 11.2. The minimum Gasteiger partial charge on any atom is -0.493 e. The number of hydrogen-bond acceptors (Lipinski definition) is 4. The Morgan fingerprint density at radius 3 is 2.42 bits per heavy atom. The van der Waals surface area contributed by atoms with Crippen LogP contribution in [0.2, 0.25) is 0 Å². The van der Waals surface area contributed by atoms with Gasteiger partial charge in [-0.05, 0) is 30.7 Å². The van der Waals surface area contributed by atoms with Crippen LogP contribution in [0.1, 0.15) is 24.9 Å². The average Bonchev–Trinajstić information content (AvgIpc) is 2.39. The fourth-order valence-electron chi connectivity index (χ4n) is 1.74. The molecule has 0 bridgehead atoms. The minimum atomic E-state index is -0.561. The number of rotatable bonds is 7. The second-order valence-corrected chi connectivity index (χ2v) is 4.87. The SMILES string of the molecule is CCCNC(C(N)=O)c1cc(OC)c(OC)cc1Br. The van der Waals surface area contributed by atoms with Crippen LogP contribution in [-0.4, -0.2) is 26.7 Å². The zero-order chi connectivity index (χ0) is 14.4. The molecule has 1 aromatic carbocycles. The Bertz CT molecular complexity index is 452. The van der Waals surface area contributed by atoms with Gasteiger partial charge in [-0.1, -0.05) is 22.9 Å². The number of benzene rings is 1. The van der Waals surface area contributed by atoms with Crippen molar-refractivity contribution in [1.82, 2.24) is 5.32 Å². The summed E-state index contributed by atoms with van der Waals surface area (Å²) in [4.78, 5) is 11.6. The summed E-state index contributed by atoms with van der Waals surface area (Å²) in [5.74, 6) is 0.725. The second kappa shape index (κ2) is 7.35. The molecular weight excluding hydrogens is 312 g/mol. The van der Waals surface area contributed by atoms with Gasteiger partial charge in [0.05, 0.1) is 14.2 Å². The van der Waals surface area contributed by atoms with E-state index in [1.165, 1.54) is 0 Å². The van der Waals surface area contributed by atoms with Crippen molar-refractivity contribution in [3.63, 3.8) is 0 Å². The third kappa shape index (κ3) is 3.84. The van der Waals surface area contributed by atoms with Crippen LogP contribution in [0.3, 0.4) is 0 Å². The minimum absolute atomic E-state index is 0.429. The number of nitrogens with one attached hydrogen (secondary N) is 1. The highest BCUT2D eigenvalue weighted by Crippen LogP contribution is 2.35. The van der Waals surface area contributed by atoms with Gasteiger partial charge >= 0.3 is 0 Å². The second-order valence-electron chi connectivity index (χ2n) is 4.02. The first kappa shape index (κ1) is 15.8. The Labute approximate surface area is 121 Å². The number of carbonyl (C=O) groups is 1. The van der Waals surface area contributed by atoms with Crippen LogP contribution in [0.25, 0.3) is 0 Å². The van der Waals surface area contributed by atoms with Gasteiger partial charge in [0.25, 0.3) is 0 Å². The molecule has 0 saturated heterocycles. The summed E-state index contributed by atoms with van der Waals surface area (Å²) in [5, 5.41) is 3.11. The van der Waals surface area contributed by atoms with E-state index in [0.717, 1.165) is 16.5 Å². The van der Waals surface area contributed by atoms with Gasteiger partial charge in [-0.15, -0.1) is 0 Å². The van der Waals surface area contributed by atoms with Gasteiger partial charge in [-0.3, -0.25) is 4.79 Å². The number of primary amides is 1. The van der Waals surface area contributed by atoms with Gasteiger partial charge in [0.15, 0.2) is 11.5 Å². The lowest BCUT2D eigenvalue weighted by molar-refractivity contribution is -0.120. The van der Waals surface area contributed by atoms with Gasteiger partial charge in [0.2, 0.25) is 5.91 Å². The highest BCUT2D eigenvalue weighted by molar-refractivity contribution is 9.10. The molecule has 0 fully saturated rings. The van der Waals surface area contributed by atoms with Gasteiger partial charge in [0, 0.05) is 4.47 Å². The monoisotopic (exact) mass is 330 g/mol. The predicted molar refractivity (Wildman–Crippen MR) is 77.5 cm³/mol. The van der Waals surface area contributed by atoms with Crippen molar-refractivity contribution in [3.05, 3.63) is 22.2 Å². The molecular formula is C13H19BrN2O3. The fraction of sp³-hybridized carbons (Fsp3) is 0.462. The van der Waals surface area contributed by atoms with E-state index in [1.54, 1.807) is 26.4 Å². The molecule has 1 rings (SSSR count). The molecule has 1 unspecified atom stereocenters. The lowest BCUT2D eigenvalue weighted by Gasteiger charge is -2.19. The largest absolute Gasteiger partial charge is 0.493 e. The van der Waals surface area contributed by atoms with E-state index in [9.17, 15) is 4.79 Å². The molecule has 0 spiro atoms. The topological polar surface area (TPSA) is 73.6 Å². The molecule has 0 aliphatic carbocycles. The average molecular weight is 331 g/mol. The Hall–Kier alpha value is -1.27. The standard InChI is InChI=1S/C13H19BrN2O3/c1-4-5-16-12(13(15)17)8-6-10(18-2)11(19-3)7-9(8)14/h6-7,12,16H,4-5H2,1-3H3,(H2,15,17). The van der Waals surface area contributed by atoms with Crippen LogP contribution in [0.4, 0.5) is 0 Å². The first-order valence-electron chi connectivity index (χ1n) is 5.99. The normalized spacial score (nSPS) is 12.0. The van der Waals surface area contributed by atoms with Crippen LogP contribution >= 0.6 is 15.9 Å². The maximum atomic E-state index is 11.6. The van der Waals surface area contributed by atoms with E-state index in [-0.39, 0.29) is 0 Å². The molecule has 3 N–H and O–H groups in total. The van der Waals surface area contributed by atoms with Crippen molar-refractivity contribution in [2.45, 2.75) is 19.4 Å². The molecule has 1 aromatic rings. The number of ether oxygens (including phenoxy) is 2. The molecule has 0 aromatic heterocycles. The van der Waals surface area contributed by atoms with Crippen LogP contribution in [0, 0.1) is 0 Å². The molecule has 19 heavy (non-hydrogen) atoms. The van der Waals surface area contributed by atoms with Gasteiger partial charge < -0.3 is 20.5 Å². The Balaban J connectivity index is 3.18. The van der Waals surface area contributed by atoms with E-state index < -0.39 is 11.9 Å². The van der Waals surface area contributed by atoms with E-state index >= 15 is 0 Å². The third-order valence-electron chi connectivity index (χ3n) is 2.70. The Kier molecular flexibility index (Phi) is 6.11. The molecule has 0 heterocycles. The van der Waals surface area contributed by atoms with Crippen LogP contribution in [-0.2, 0) is 4.79 Å². The van der Waals surface area contributed by atoms with Crippen LogP contribution < -0.4 is 20.5 Å². The van der Waals surface area contributed by atoms with Gasteiger partial charge in [-0.2, -0.15) is 0 Å². The lowest BCUT2D eigenvalue weighted by Crippen LogP contribution is -2.34. The zero-order valence-electron chi connectivity index (χ0n) is 11.3. The van der Waals surface area contributed by atoms with E-state index in [4.69, 9.17) is 15.2 Å². The maximum Gasteiger partial charge on any atom is 0.239 e. The Morgan fingerprint density at radius 2 is 1.95 bits per heavy atom. The van der Waals surface area contributed by atoms with Crippen molar-refractivity contribution < 1.29 is 14.3 Å². The van der Waals surface area contributed by atoms with Gasteiger partial charge in [0.1, 0.15) is 6.04 Å². The molecule has 0 saturated carbocycles. The molecule has 5 nitrogen and oxygen atoms in total. The molecule has 0 aliphatic heterocycles.